The summed E-state index contributed by atoms with van der Waals surface area (Å²) in [5.74, 6) is 0.101. The van der Waals surface area contributed by atoms with Crippen molar-refractivity contribution in [1.29, 1.82) is 0 Å². The standard InChI is InChI=1S/C36H38N2O6S/c1-6-8-9-14-43-27-13-10-23(19-28(27)42-7-2)32-30(33(39)24-11-12-26-25(18-24)17-22(5)44-26)34(40)35(41)38(32)36-37-31-21(4)15-20(3)16-29(31)45-36/h10-13,15-16,18-19,22,32,39H,6-9,14,17H2,1-5H3/b33-30+/t22-,32+/m0/s1. The van der Waals surface area contributed by atoms with Crippen molar-refractivity contribution in [3.8, 4) is 17.2 Å². The molecule has 0 radical (unpaired) electrons. The molecule has 1 N–H and O–H groups in total. The highest BCUT2D eigenvalue weighted by Crippen LogP contribution is 2.46. The van der Waals surface area contributed by atoms with Gasteiger partial charge in [0.25, 0.3) is 5.78 Å². The predicted octanol–water partition coefficient (Wildman–Crippen LogP) is 7.83. The lowest BCUT2D eigenvalue weighted by Gasteiger charge is -2.24. The van der Waals surface area contributed by atoms with E-state index in [0.717, 1.165) is 51.9 Å². The molecule has 6 rings (SSSR count). The maximum atomic E-state index is 13.9. The molecule has 0 aliphatic carbocycles. The highest BCUT2D eigenvalue weighted by molar-refractivity contribution is 7.22. The van der Waals surface area contributed by atoms with Gasteiger partial charge in [-0.3, -0.25) is 14.5 Å². The van der Waals surface area contributed by atoms with Crippen LogP contribution in [0.1, 0.15) is 73.9 Å². The highest BCUT2D eigenvalue weighted by Gasteiger charge is 2.48. The summed E-state index contributed by atoms with van der Waals surface area (Å²) in [5.41, 5.74) is 4.84. The van der Waals surface area contributed by atoms with Gasteiger partial charge in [-0.25, -0.2) is 4.98 Å². The van der Waals surface area contributed by atoms with Crippen LogP contribution in [0.15, 0.2) is 54.1 Å². The normalized spacial score (nSPS) is 18.8. The third kappa shape index (κ3) is 5.77. The zero-order chi connectivity index (χ0) is 31.8. The Morgan fingerprint density at radius 1 is 1.04 bits per heavy atom. The number of hydrogen-bond acceptors (Lipinski definition) is 8. The average molecular weight is 627 g/mol. The van der Waals surface area contributed by atoms with Crippen LogP contribution in [0.3, 0.4) is 0 Å². The van der Waals surface area contributed by atoms with E-state index in [1.165, 1.54) is 16.2 Å². The van der Waals surface area contributed by atoms with Crippen molar-refractivity contribution >= 4 is 44.1 Å². The Morgan fingerprint density at radius 2 is 1.87 bits per heavy atom. The Morgan fingerprint density at radius 3 is 2.64 bits per heavy atom. The second-order valence-corrected chi connectivity index (χ2v) is 12.8. The van der Waals surface area contributed by atoms with E-state index in [4.69, 9.17) is 19.2 Å². The van der Waals surface area contributed by atoms with Gasteiger partial charge in [0.05, 0.1) is 35.0 Å². The number of aliphatic hydroxyl groups is 1. The Bertz CT molecular complexity index is 1830. The lowest BCUT2D eigenvalue weighted by molar-refractivity contribution is -0.132. The van der Waals surface area contributed by atoms with Gasteiger partial charge in [0.15, 0.2) is 16.6 Å². The highest BCUT2D eigenvalue weighted by atomic mass is 32.1. The zero-order valence-corrected chi connectivity index (χ0v) is 27.1. The zero-order valence-electron chi connectivity index (χ0n) is 26.3. The van der Waals surface area contributed by atoms with E-state index in [9.17, 15) is 14.7 Å². The fourth-order valence-corrected chi connectivity index (χ4v) is 7.32. The Kier molecular flexibility index (Phi) is 8.55. The van der Waals surface area contributed by atoms with E-state index >= 15 is 0 Å². The van der Waals surface area contributed by atoms with Crippen LogP contribution < -0.4 is 19.1 Å². The number of fused-ring (bicyclic) bond motifs is 2. The molecule has 45 heavy (non-hydrogen) atoms. The van der Waals surface area contributed by atoms with Crippen LogP contribution in [0, 0.1) is 13.8 Å². The second-order valence-electron chi connectivity index (χ2n) is 11.7. The minimum atomic E-state index is -0.941. The van der Waals surface area contributed by atoms with Gasteiger partial charge in [-0.1, -0.05) is 43.2 Å². The summed E-state index contributed by atoms with van der Waals surface area (Å²) in [6, 6.07) is 13.9. The monoisotopic (exact) mass is 626 g/mol. The quantitative estimate of drug-likeness (QED) is 0.0829. The summed E-state index contributed by atoms with van der Waals surface area (Å²) in [5, 5.41) is 12.2. The predicted molar refractivity (Wildman–Crippen MR) is 177 cm³/mol. The number of benzene rings is 3. The van der Waals surface area contributed by atoms with Crippen molar-refractivity contribution in [3.05, 3.63) is 81.9 Å². The first-order valence-electron chi connectivity index (χ1n) is 15.6. The summed E-state index contributed by atoms with van der Waals surface area (Å²) < 4.78 is 18.8. The molecule has 2 aliphatic rings. The molecule has 9 heteroatoms. The topological polar surface area (TPSA) is 98.2 Å². The van der Waals surface area contributed by atoms with Crippen LogP contribution in [-0.2, 0) is 16.0 Å². The maximum absolute atomic E-state index is 13.9. The molecular formula is C36H38N2O6S. The summed E-state index contributed by atoms with van der Waals surface area (Å²) in [6.07, 6.45) is 3.78. The molecule has 3 aromatic carbocycles. The number of anilines is 1. The van der Waals surface area contributed by atoms with Crippen LogP contribution in [0.4, 0.5) is 5.13 Å². The first-order chi connectivity index (χ1) is 21.7. The molecule has 0 unspecified atom stereocenters. The number of carbonyl (C=O) groups excluding carboxylic acids is 2. The molecule has 1 amide bonds. The number of aliphatic hydroxyl groups excluding tert-OH is 1. The summed E-state index contributed by atoms with van der Waals surface area (Å²) in [4.78, 5) is 34.0. The van der Waals surface area contributed by atoms with Crippen LogP contribution in [0.5, 0.6) is 17.2 Å². The van der Waals surface area contributed by atoms with Crippen molar-refractivity contribution in [2.75, 3.05) is 18.1 Å². The number of thiazole rings is 1. The third-order valence-corrected chi connectivity index (χ3v) is 9.23. The van der Waals surface area contributed by atoms with Gasteiger partial charge in [0.2, 0.25) is 0 Å². The summed E-state index contributed by atoms with van der Waals surface area (Å²) in [7, 11) is 0. The van der Waals surface area contributed by atoms with E-state index in [1.54, 1.807) is 18.2 Å². The van der Waals surface area contributed by atoms with Gasteiger partial charge < -0.3 is 19.3 Å². The van der Waals surface area contributed by atoms with Crippen molar-refractivity contribution < 1.29 is 28.9 Å². The lowest BCUT2D eigenvalue weighted by Crippen LogP contribution is -2.29. The molecule has 3 heterocycles. The number of ketones is 1. The first-order valence-corrected chi connectivity index (χ1v) is 16.4. The summed E-state index contributed by atoms with van der Waals surface area (Å²) in [6.45, 7) is 11.0. The van der Waals surface area contributed by atoms with Crippen molar-refractivity contribution in [1.82, 2.24) is 4.98 Å². The van der Waals surface area contributed by atoms with Crippen LogP contribution >= 0.6 is 11.3 Å². The maximum Gasteiger partial charge on any atom is 0.301 e. The number of ether oxygens (including phenoxy) is 3. The molecule has 1 aromatic heterocycles. The van der Waals surface area contributed by atoms with Gasteiger partial charge in [-0.05, 0) is 92.8 Å². The molecule has 1 fully saturated rings. The SMILES string of the molecule is CCCCCOc1ccc([C@@H]2/C(=C(\O)c3ccc4c(c3)C[C@H](C)O4)C(=O)C(=O)N2c2nc3c(C)cc(C)cc3s2)cc1OCC. The van der Waals surface area contributed by atoms with Crippen molar-refractivity contribution in [3.63, 3.8) is 0 Å². The minimum Gasteiger partial charge on any atom is -0.507 e. The largest absolute Gasteiger partial charge is 0.507 e. The van der Waals surface area contributed by atoms with Gasteiger partial charge in [0.1, 0.15) is 17.6 Å². The minimum absolute atomic E-state index is 0.00173. The van der Waals surface area contributed by atoms with E-state index in [1.807, 2.05) is 58.0 Å². The number of hydrogen-bond donors (Lipinski definition) is 1. The van der Waals surface area contributed by atoms with Gasteiger partial charge >= 0.3 is 5.91 Å². The number of amides is 1. The van der Waals surface area contributed by atoms with Crippen LogP contribution in [-0.4, -0.2) is 41.1 Å². The molecular weight excluding hydrogens is 588 g/mol. The molecule has 2 aliphatic heterocycles. The van der Waals surface area contributed by atoms with E-state index < -0.39 is 17.7 Å². The van der Waals surface area contributed by atoms with Gasteiger partial charge in [0, 0.05) is 12.0 Å². The Balaban J connectivity index is 1.50. The average Bonchev–Trinajstić information content (AvgIpc) is 3.68. The fourth-order valence-electron chi connectivity index (χ4n) is 6.15. The van der Waals surface area contributed by atoms with Crippen molar-refractivity contribution in [2.24, 2.45) is 0 Å². The number of Topliss-reactive ketones (excluding diaryl/α,β-unsaturated/α-hetero) is 1. The van der Waals surface area contributed by atoms with Crippen LogP contribution in [0.25, 0.3) is 16.0 Å². The molecule has 0 saturated carbocycles. The second kappa shape index (κ2) is 12.6. The van der Waals surface area contributed by atoms with Gasteiger partial charge in [-0.2, -0.15) is 0 Å². The first kappa shape index (κ1) is 30.6. The molecule has 234 valence electrons. The summed E-state index contributed by atoms with van der Waals surface area (Å²) >= 11 is 1.35. The number of aryl methyl sites for hydroxylation is 2. The number of rotatable bonds is 10. The van der Waals surface area contributed by atoms with Crippen molar-refractivity contribution in [2.45, 2.75) is 72.4 Å². The van der Waals surface area contributed by atoms with Crippen LogP contribution in [0.2, 0.25) is 0 Å². The lowest BCUT2D eigenvalue weighted by atomic mass is 9.94. The van der Waals surface area contributed by atoms with E-state index in [2.05, 4.69) is 6.92 Å². The number of unbranched alkanes of at least 4 members (excludes halogenated alkanes) is 2. The number of aromatic nitrogens is 1. The number of nitrogens with zero attached hydrogens (tertiary/aromatic N) is 2. The van der Waals surface area contributed by atoms with E-state index in [-0.39, 0.29) is 17.4 Å². The van der Waals surface area contributed by atoms with Gasteiger partial charge in [-0.15, -0.1) is 0 Å². The fraction of sp³-hybridized carbons (Fsp3) is 0.361. The third-order valence-electron chi connectivity index (χ3n) is 8.23. The molecule has 1 saturated heterocycles. The molecule has 4 aromatic rings. The molecule has 8 nitrogen and oxygen atoms in total. The Labute approximate surface area is 267 Å². The molecule has 0 bridgehead atoms. The Hall–Kier alpha value is -4.37. The van der Waals surface area contributed by atoms with E-state index in [0.29, 0.717) is 47.4 Å². The molecule has 2 atom stereocenters. The smallest absolute Gasteiger partial charge is 0.301 e. The molecule has 0 spiro atoms. The number of carbonyl (C=O) groups is 2.